The molecule has 3 heterocycles. The number of nitrogens with zero attached hydrogens (tertiary/aromatic N) is 3. The Morgan fingerprint density at radius 2 is 1.80 bits per heavy atom. The Morgan fingerprint density at radius 1 is 1.03 bits per heavy atom. The number of carboxylic acids is 1. The molecule has 0 radical (unpaired) electrons. The normalized spacial score (nSPS) is 10.9. The van der Waals surface area contributed by atoms with E-state index in [-0.39, 0.29) is 11.6 Å². The summed E-state index contributed by atoms with van der Waals surface area (Å²) in [6, 6.07) is 18.3. The minimum Gasteiger partial charge on any atom is -0.481 e. The first kappa shape index (κ1) is 22.4. The van der Waals surface area contributed by atoms with E-state index in [4.69, 9.17) is 21.1 Å². The van der Waals surface area contributed by atoms with Crippen molar-refractivity contribution in [3.63, 3.8) is 0 Å². The minimum atomic E-state index is -1.02. The first-order valence-corrected chi connectivity index (χ1v) is 11.0. The van der Waals surface area contributed by atoms with E-state index in [1.54, 1.807) is 38.4 Å². The van der Waals surface area contributed by atoms with Crippen molar-refractivity contribution in [2.24, 2.45) is 0 Å². The number of carboxylic acid groups (broad SMARTS) is 1. The molecule has 0 aliphatic rings. The third kappa shape index (κ3) is 4.39. The first-order chi connectivity index (χ1) is 16.9. The zero-order valence-electron chi connectivity index (χ0n) is 18.7. The molecule has 2 N–H and O–H groups in total. The SMILES string of the molecule is COc1ncccc1-c1ccc(-c2nc3nc(Oc4ccc(C)c(C(=O)O)c4)[nH]c3cc2Cl)cc1. The largest absolute Gasteiger partial charge is 0.481 e. The molecule has 0 bridgehead atoms. The third-order valence-corrected chi connectivity index (χ3v) is 5.78. The van der Waals surface area contributed by atoms with Gasteiger partial charge in [0.2, 0.25) is 5.88 Å². The van der Waals surface area contributed by atoms with Crippen LogP contribution in [-0.2, 0) is 0 Å². The van der Waals surface area contributed by atoms with Gasteiger partial charge in [0.05, 0.1) is 28.9 Å². The number of hydrogen-bond donors (Lipinski definition) is 2. The zero-order valence-corrected chi connectivity index (χ0v) is 19.5. The second-order valence-corrected chi connectivity index (χ2v) is 8.16. The van der Waals surface area contributed by atoms with Crippen LogP contribution >= 0.6 is 11.6 Å². The number of aromatic nitrogens is 4. The van der Waals surface area contributed by atoms with Crippen LogP contribution in [0.5, 0.6) is 17.6 Å². The van der Waals surface area contributed by atoms with Gasteiger partial charge in [-0.05, 0) is 48.4 Å². The standard InChI is InChI=1S/C26H19ClN4O4/c1-14-5-10-17(12-19(14)25(32)33)35-26-29-21-13-20(27)22(30-23(21)31-26)16-8-6-15(7-9-16)18-4-3-11-28-24(18)34-2/h3-13H,1-2H3,(H,32,33)(H,29,30,31). The van der Waals surface area contributed by atoms with Crippen LogP contribution in [0.2, 0.25) is 5.02 Å². The van der Waals surface area contributed by atoms with Crippen molar-refractivity contribution in [3.8, 4) is 40.0 Å². The summed E-state index contributed by atoms with van der Waals surface area (Å²) in [7, 11) is 1.59. The molecular weight excluding hydrogens is 468 g/mol. The Morgan fingerprint density at radius 3 is 2.54 bits per heavy atom. The monoisotopic (exact) mass is 486 g/mol. The first-order valence-electron chi connectivity index (χ1n) is 10.6. The fraction of sp³-hybridized carbons (Fsp3) is 0.0769. The van der Waals surface area contributed by atoms with Gasteiger partial charge in [-0.2, -0.15) is 4.98 Å². The van der Waals surface area contributed by atoms with Gasteiger partial charge in [-0.1, -0.05) is 41.9 Å². The summed E-state index contributed by atoms with van der Waals surface area (Å²) in [5.74, 6) is -0.130. The molecule has 0 unspecified atom stereocenters. The average molecular weight is 487 g/mol. The van der Waals surface area contributed by atoms with Crippen molar-refractivity contribution in [2.45, 2.75) is 6.92 Å². The molecule has 0 atom stereocenters. The van der Waals surface area contributed by atoms with Crippen molar-refractivity contribution in [2.75, 3.05) is 7.11 Å². The molecule has 5 aromatic rings. The molecule has 9 heteroatoms. The lowest BCUT2D eigenvalue weighted by atomic mass is 10.0. The van der Waals surface area contributed by atoms with E-state index in [1.165, 1.54) is 6.07 Å². The number of aromatic carboxylic acids is 1. The second-order valence-electron chi connectivity index (χ2n) is 7.75. The lowest BCUT2D eigenvalue weighted by molar-refractivity contribution is 0.0695. The van der Waals surface area contributed by atoms with Crippen molar-refractivity contribution >= 4 is 28.7 Å². The van der Waals surface area contributed by atoms with Gasteiger partial charge in [-0.15, -0.1) is 0 Å². The number of benzene rings is 2. The Bertz CT molecular complexity index is 1560. The molecule has 0 saturated heterocycles. The van der Waals surface area contributed by atoms with Crippen LogP contribution in [-0.4, -0.2) is 38.1 Å². The molecule has 0 spiro atoms. The highest BCUT2D eigenvalue weighted by Gasteiger charge is 2.15. The zero-order chi connectivity index (χ0) is 24.5. The number of ether oxygens (including phenoxy) is 2. The lowest BCUT2D eigenvalue weighted by Gasteiger charge is -2.08. The molecule has 35 heavy (non-hydrogen) atoms. The molecule has 3 aromatic heterocycles. The van der Waals surface area contributed by atoms with Crippen molar-refractivity contribution in [3.05, 3.63) is 83.0 Å². The number of imidazole rings is 1. The summed E-state index contributed by atoms with van der Waals surface area (Å²) in [4.78, 5) is 27.7. The minimum absolute atomic E-state index is 0.161. The molecule has 0 aliphatic heterocycles. The van der Waals surface area contributed by atoms with Gasteiger partial charge in [-0.25, -0.2) is 14.8 Å². The number of aromatic amines is 1. The van der Waals surface area contributed by atoms with Gasteiger partial charge in [0.15, 0.2) is 5.65 Å². The average Bonchev–Trinajstić information content (AvgIpc) is 3.25. The highest BCUT2D eigenvalue weighted by atomic mass is 35.5. The topological polar surface area (TPSA) is 110 Å². The number of rotatable bonds is 6. The number of H-pyrrole nitrogens is 1. The van der Waals surface area contributed by atoms with Crippen LogP contribution in [0.3, 0.4) is 0 Å². The number of pyridine rings is 2. The maximum Gasteiger partial charge on any atom is 0.336 e. The number of hydrogen-bond acceptors (Lipinski definition) is 6. The van der Waals surface area contributed by atoms with Gasteiger partial charge in [0, 0.05) is 17.3 Å². The van der Waals surface area contributed by atoms with Crippen molar-refractivity contribution in [1.29, 1.82) is 0 Å². The van der Waals surface area contributed by atoms with E-state index in [0.717, 1.165) is 16.7 Å². The Hall–Kier alpha value is -4.43. The summed E-state index contributed by atoms with van der Waals surface area (Å²) in [5.41, 5.74) is 5.04. The molecule has 0 aliphatic carbocycles. The van der Waals surface area contributed by atoms with E-state index in [2.05, 4.69) is 19.9 Å². The van der Waals surface area contributed by atoms with Crippen molar-refractivity contribution in [1.82, 2.24) is 19.9 Å². The molecule has 0 saturated carbocycles. The van der Waals surface area contributed by atoms with Crippen LogP contribution in [0.25, 0.3) is 33.5 Å². The van der Waals surface area contributed by atoms with E-state index in [0.29, 0.717) is 39.1 Å². The number of carbonyl (C=O) groups is 1. The number of nitrogens with one attached hydrogen (secondary N) is 1. The smallest absolute Gasteiger partial charge is 0.336 e. The van der Waals surface area contributed by atoms with Crippen LogP contribution in [0.1, 0.15) is 15.9 Å². The maximum absolute atomic E-state index is 11.4. The predicted molar refractivity (Wildman–Crippen MR) is 132 cm³/mol. The fourth-order valence-electron chi connectivity index (χ4n) is 3.73. The number of halogens is 1. The fourth-order valence-corrected chi connectivity index (χ4v) is 3.99. The Kier molecular flexibility index (Phi) is 5.80. The lowest BCUT2D eigenvalue weighted by Crippen LogP contribution is -2.00. The van der Waals surface area contributed by atoms with E-state index in [9.17, 15) is 9.90 Å². The summed E-state index contributed by atoms with van der Waals surface area (Å²) in [5, 5.41) is 9.78. The van der Waals surface area contributed by atoms with Crippen molar-refractivity contribution < 1.29 is 19.4 Å². The summed E-state index contributed by atoms with van der Waals surface area (Å²) < 4.78 is 11.1. The van der Waals surface area contributed by atoms with E-state index in [1.807, 2.05) is 36.4 Å². The molecule has 5 rings (SSSR count). The molecule has 174 valence electrons. The van der Waals surface area contributed by atoms with Crippen LogP contribution in [0.15, 0.2) is 66.9 Å². The number of fused-ring (bicyclic) bond motifs is 1. The van der Waals surface area contributed by atoms with Gasteiger partial charge < -0.3 is 19.6 Å². The van der Waals surface area contributed by atoms with Gasteiger partial charge in [0.25, 0.3) is 0 Å². The van der Waals surface area contributed by atoms with Crippen LogP contribution in [0.4, 0.5) is 0 Å². The molecule has 0 amide bonds. The quantitative estimate of drug-likeness (QED) is 0.296. The molecule has 8 nitrogen and oxygen atoms in total. The summed E-state index contributed by atoms with van der Waals surface area (Å²) >= 11 is 6.54. The molecule has 0 fully saturated rings. The summed E-state index contributed by atoms with van der Waals surface area (Å²) in [6.45, 7) is 1.72. The van der Waals surface area contributed by atoms with E-state index < -0.39 is 5.97 Å². The van der Waals surface area contributed by atoms with Gasteiger partial charge in [0.1, 0.15) is 5.75 Å². The maximum atomic E-state index is 11.4. The van der Waals surface area contributed by atoms with Gasteiger partial charge in [-0.3, -0.25) is 0 Å². The second kappa shape index (κ2) is 9.08. The predicted octanol–water partition coefficient (Wildman–Crippen LogP) is 6.15. The van der Waals surface area contributed by atoms with Gasteiger partial charge >= 0.3 is 12.0 Å². The van der Waals surface area contributed by atoms with Crippen LogP contribution < -0.4 is 9.47 Å². The summed E-state index contributed by atoms with van der Waals surface area (Å²) in [6.07, 6.45) is 1.68. The molecule has 2 aromatic carbocycles. The third-order valence-electron chi connectivity index (χ3n) is 5.49. The number of aryl methyl sites for hydroxylation is 1. The van der Waals surface area contributed by atoms with Crippen LogP contribution in [0, 0.1) is 6.92 Å². The number of methoxy groups -OCH3 is 1. The Labute approximate surface area is 205 Å². The van der Waals surface area contributed by atoms with E-state index >= 15 is 0 Å². The highest BCUT2D eigenvalue weighted by Crippen LogP contribution is 2.33. The Balaban J connectivity index is 1.45. The highest BCUT2D eigenvalue weighted by molar-refractivity contribution is 6.33. The molecular formula is C26H19ClN4O4.